The standard InChI is InChI=1S/C20H22N2OS2/c1-13(2)20-21-16(12-25-20)11-18(23)22-19(17-5-4-10-24-17)15-8-6-14(3)7-9-15/h4-10,12-13,19H,11H2,1-3H3,(H,22,23). The van der Waals surface area contributed by atoms with Crippen LogP contribution in [0.4, 0.5) is 0 Å². The number of carbonyl (C=O) groups is 1. The highest BCUT2D eigenvalue weighted by atomic mass is 32.1. The van der Waals surface area contributed by atoms with E-state index in [4.69, 9.17) is 0 Å². The SMILES string of the molecule is Cc1ccc(C(NC(=O)Cc2csc(C(C)C)n2)c2cccs2)cc1. The van der Waals surface area contributed by atoms with Crippen molar-refractivity contribution in [1.29, 1.82) is 0 Å². The van der Waals surface area contributed by atoms with Gasteiger partial charge in [-0.2, -0.15) is 0 Å². The molecule has 2 heterocycles. The summed E-state index contributed by atoms with van der Waals surface area (Å²) < 4.78 is 0. The molecule has 1 atom stereocenters. The molecule has 3 nitrogen and oxygen atoms in total. The summed E-state index contributed by atoms with van der Waals surface area (Å²) in [5.74, 6) is 0.396. The molecule has 5 heteroatoms. The highest BCUT2D eigenvalue weighted by Crippen LogP contribution is 2.26. The number of hydrogen-bond acceptors (Lipinski definition) is 4. The van der Waals surface area contributed by atoms with Gasteiger partial charge in [0.15, 0.2) is 0 Å². The van der Waals surface area contributed by atoms with Crippen molar-refractivity contribution in [3.8, 4) is 0 Å². The van der Waals surface area contributed by atoms with Crippen LogP contribution in [0.5, 0.6) is 0 Å². The molecule has 1 unspecified atom stereocenters. The first kappa shape index (κ1) is 17.8. The third-order valence-corrected chi connectivity index (χ3v) is 6.08. The van der Waals surface area contributed by atoms with Crippen LogP contribution in [0.1, 0.15) is 52.5 Å². The minimum Gasteiger partial charge on any atom is -0.344 e. The van der Waals surface area contributed by atoms with Crippen molar-refractivity contribution in [2.45, 2.75) is 39.2 Å². The molecule has 1 amide bonds. The zero-order valence-electron chi connectivity index (χ0n) is 14.7. The second-order valence-corrected chi connectivity index (χ2v) is 8.30. The number of carbonyl (C=O) groups excluding carboxylic acids is 1. The Kier molecular flexibility index (Phi) is 5.66. The van der Waals surface area contributed by atoms with E-state index in [0.717, 1.165) is 21.1 Å². The average molecular weight is 371 g/mol. The molecule has 3 rings (SSSR count). The molecule has 1 N–H and O–H groups in total. The summed E-state index contributed by atoms with van der Waals surface area (Å²) in [6, 6.07) is 12.3. The highest BCUT2D eigenvalue weighted by Gasteiger charge is 2.19. The fourth-order valence-corrected chi connectivity index (χ4v) is 4.22. The van der Waals surface area contributed by atoms with Gasteiger partial charge < -0.3 is 5.32 Å². The van der Waals surface area contributed by atoms with Crippen LogP contribution < -0.4 is 5.32 Å². The molecule has 130 valence electrons. The predicted octanol–water partition coefficient (Wildman–Crippen LogP) is 5.08. The number of nitrogens with one attached hydrogen (secondary N) is 1. The van der Waals surface area contributed by atoms with E-state index in [1.54, 1.807) is 22.7 Å². The van der Waals surface area contributed by atoms with Gasteiger partial charge in [-0.15, -0.1) is 22.7 Å². The van der Waals surface area contributed by atoms with Crippen LogP contribution in [0.15, 0.2) is 47.2 Å². The highest BCUT2D eigenvalue weighted by molar-refractivity contribution is 7.10. The second kappa shape index (κ2) is 7.93. The molecule has 1 aromatic carbocycles. The Labute approximate surface area is 156 Å². The number of aryl methyl sites for hydroxylation is 1. The molecule has 0 saturated carbocycles. The zero-order valence-corrected chi connectivity index (χ0v) is 16.3. The van der Waals surface area contributed by atoms with E-state index < -0.39 is 0 Å². The number of hydrogen-bond donors (Lipinski definition) is 1. The molecule has 0 spiro atoms. The minimum absolute atomic E-state index is 0.000388. The van der Waals surface area contributed by atoms with E-state index in [-0.39, 0.29) is 11.9 Å². The monoisotopic (exact) mass is 370 g/mol. The summed E-state index contributed by atoms with van der Waals surface area (Å²) in [5.41, 5.74) is 3.16. The van der Waals surface area contributed by atoms with Gasteiger partial charge in [0.05, 0.1) is 23.2 Å². The Bertz CT molecular complexity index is 820. The van der Waals surface area contributed by atoms with Crippen molar-refractivity contribution in [2.75, 3.05) is 0 Å². The largest absolute Gasteiger partial charge is 0.344 e. The maximum Gasteiger partial charge on any atom is 0.226 e. The lowest BCUT2D eigenvalue weighted by molar-refractivity contribution is -0.121. The Morgan fingerprint density at radius 1 is 1.16 bits per heavy atom. The Morgan fingerprint density at radius 3 is 2.52 bits per heavy atom. The van der Waals surface area contributed by atoms with Crippen LogP contribution in [-0.4, -0.2) is 10.9 Å². The second-order valence-electron chi connectivity index (χ2n) is 6.44. The fraction of sp³-hybridized carbons (Fsp3) is 0.300. The normalized spacial score (nSPS) is 12.3. The lowest BCUT2D eigenvalue weighted by atomic mass is 10.0. The van der Waals surface area contributed by atoms with Gasteiger partial charge in [-0.25, -0.2) is 4.98 Å². The lowest BCUT2D eigenvalue weighted by Gasteiger charge is -2.18. The van der Waals surface area contributed by atoms with Crippen LogP contribution >= 0.6 is 22.7 Å². The zero-order chi connectivity index (χ0) is 17.8. The summed E-state index contributed by atoms with van der Waals surface area (Å²) >= 11 is 3.28. The lowest BCUT2D eigenvalue weighted by Crippen LogP contribution is -2.30. The molecule has 25 heavy (non-hydrogen) atoms. The summed E-state index contributed by atoms with van der Waals surface area (Å²) in [6.45, 7) is 6.30. The van der Waals surface area contributed by atoms with Crippen molar-refractivity contribution in [1.82, 2.24) is 10.3 Å². The number of rotatable bonds is 6. The number of thiazole rings is 1. The van der Waals surface area contributed by atoms with Gasteiger partial charge in [0.25, 0.3) is 0 Å². The van der Waals surface area contributed by atoms with Gasteiger partial charge in [0, 0.05) is 16.2 Å². The van der Waals surface area contributed by atoms with E-state index in [2.05, 4.69) is 61.4 Å². The minimum atomic E-state index is -0.115. The van der Waals surface area contributed by atoms with Crippen LogP contribution in [0.2, 0.25) is 0 Å². The predicted molar refractivity (Wildman–Crippen MR) is 105 cm³/mol. The van der Waals surface area contributed by atoms with Crippen molar-refractivity contribution in [3.05, 3.63) is 73.9 Å². The molecule has 0 fully saturated rings. The van der Waals surface area contributed by atoms with Gasteiger partial charge in [-0.3, -0.25) is 4.79 Å². The first-order valence-corrected chi connectivity index (χ1v) is 10.1. The van der Waals surface area contributed by atoms with Crippen molar-refractivity contribution in [2.24, 2.45) is 0 Å². The van der Waals surface area contributed by atoms with Gasteiger partial charge >= 0.3 is 0 Å². The van der Waals surface area contributed by atoms with E-state index in [9.17, 15) is 4.79 Å². The van der Waals surface area contributed by atoms with Crippen molar-refractivity contribution < 1.29 is 4.79 Å². The van der Waals surface area contributed by atoms with Crippen LogP contribution in [-0.2, 0) is 11.2 Å². The van der Waals surface area contributed by atoms with Crippen LogP contribution in [0.3, 0.4) is 0 Å². The van der Waals surface area contributed by atoms with Crippen LogP contribution in [0, 0.1) is 6.92 Å². The van der Waals surface area contributed by atoms with E-state index in [0.29, 0.717) is 12.3 Å². The molecule has 2 aromatic heterocycles. The molecular weight excluding hydrogens is 348 g/mol. The molecule has 0 aliphatic heterocycles. The third kappa shape index (κ3) is 4.55. The summed E-state index contributed by atoms with van der Waals surface area (Å²) in [5, 5.41) is 8.28. The molecule has 0 saturated heterocycles. The molecule has 0 aliphatic carbocycles. The molecule has 0 bridgehead atoms. The maximum atomic E-state index is 12.6. The maximum absolute atomic E-state index is 12.6. The first-order chi connectivity index (χ1) is 12.0. The number of amides is 1. The number of nitrogens with zero attached hydrogens (tertiary/aromatic N) is 1. The summed E-state index contributed by atoms with van der Waals surface area (Å²) in [7, 11) is 0. The smallest absolute Gasteiger partial charge is 0.226 e. The van der Waals surface area contributed by atoms with Gasteiger partial charge in [-0.1, -0.05) is 49.7 Å². The molecule has 3 aromatic rings. The quantitative estimate of drug-likeness (QED) is 0.657. The third-order valence-electron chi connectivity index (χ3n) is 3.95. The van der Waals surface area contributed by atoms with Gasteiger partial charge in [0.1, 0.15) is 0 Å². The fourth-order valence-electron chi connectivity index (χ4n) is 2.58. The van der Waals surface area contributed by atoms with Crippen molar-refractivity contribution >= 4 is 28.6 Å². The van der Waals surface area contributed by atoms with Crippen molar-refractivity contribution in [3.63, 3.8) is 0 Å². The van der Waals surface area contributed by atoms with E-state index in [1.807, 2.05) is 16.8 Å². The average Bonchev–Trinajstić information content (AvgIpc) is 3.25. The Morgan fingerprint density at radius 2 is 1.92 bits per heavy atom. The van der Waals surface area contributed by atoms with Gasteiger partial charge in [0.2, 0.25) is 5.91 Å². The number of benzene rings is 1. The van der Waals surface area contributed by atoms with E-state index >= 15 is 0 Å². The number of thiophene rings is 1. The molecule has 0 aliphatic rings. The Balaban J connectivity index is 1.75. The molecular formula is C20H22N2OS2. The van der Waals surface area contributed by atoms with Gasteiger partial charge in [-0.05, 0) is 23.9 Å². The van der Waals surface area contributed by atoms with Crippen LogP contribution in [0.25, 0.3) is 0 Å². The Hall–Kier alpha value is -1.98. The summed E-state index contributed by atoms with van der Waals surface area (Å²) in [4.78, 5) is 18.3. The summed E-state index contributed by atoms with van der Waals surface area (Å²) in [6.07, 6.45) is 0.316. The first-order valence-electron chi connectivity index (χ1n) is 8.36. The topological polar surface area (TPSA) is 42.0 Å². The number of aromatic nitrogens is 1. The molecule has 0 radical (unpaired) electrons. The van der Waals surface area contributed by atoms with E-state index in [1.165, 1.54) is 5.56 Å².